The number of ether oxygens (including phenoxy) is 2. The van der Waals surface area contributed by atoms with Gasteiger partial charge in [-0.3, -0.25) is 0 Å². The Morgan fingerprint density at radius 2 is 1.23 bits per heavy atom. The van der Waals surface area contributed by atoms with Crippen LogP contribution in [0.2, 0.25) is 0 Å². The predicted octanol–water partition coefficient (Wildman–Crippen LogP) is 8.51. The fourth-order valence-electron chi connectivity index (χ4n) is 3.29. The molecule has 2 nitrogen and oxygen atoms in total. The average molecular weight is 565 g/mol. The topological polar surface area (TPSA) is 18.5 Å². The third kappa shape index (κ3) is 6.90. The summed E-state index contributed by atoms with van der Waals surface area (Å²) in [5.41, 5.74) is -1.45. The van der Waals surface area contributed by atoms with Crippen molar-refractivity contribution in [3.63, 3.8) is 0 Å². The van der Waals surface area contributed by atoms with Crippen LogP contribution in [0.15, 0.2) is 48.5 Å². The molecule has 0 heterocycles. The van der Waals surface area contributed by atoms with Crippen LogP contribution in [-0.2, 0) is 6.11 Å². The van der Waals surface area contributed by atoms with Crippen LogP contribution < -0.4 is 9.47 Å². The lowest BCUT2D eigenvalue weighted by Crippen LogP contribution is -2.25. The smallest absolute Gasteiger partial charge is 0.432 e. The Kier molecular flexibility index (Phi) is 9.04. The van der Waals surface area contributed by atoms with E-state index in [4.69, 9.17) is 4.74 Å². The van der Waals surface area contributed by atoms with Crippen LogP contribution in [-0.4, -0.2) is 11.9 Å². The zero-order chi connectivity index (χ0) is 25.6. The van der Waals surface area contributed by atoms with Gasteiger partial charge in [-0.05, 0) is 48.2 Å². The molecule has 0 unspecified atom stereocenters. The van der Waals surface area contributed by atoms with Crippen molar-refractivity contribution in [3.05, 3.63) is 83.2 Å². The highest BCUT2D eigenvalue weighted by Gasteiger charge is 2.41. The number of hydrogen-bond acceptors (Lipinski definition) is 2. The Labute approximate surface area is 205 Å². The van der Waals surface area contributed by atoms with E-state index in [0.29, 0.717) is 30.1 Å². The van der Waals surface area contributed by atoms with Gasteiger partial charge >= 0.3 is 6.11 Å². The van der Waals surface area contributed by atoms with Crippen molar-refractivity contribution >= 4 is 15.9 Å². The number of halogens is 8. The van der Waals surface area contributed by atoms with Crippen molar-refractivity contribution in [1.29, 1.82) is 0 Å². The third-order valence-corrected chi connectivity index (χ3v) is 5.58. The third-order valence-electron chi connectivity index (χ3n) is 5.02. The average Bonchev–Trinajstić information content (AvgIpc) is 2.79. The zero-order valence-electron chi connectivity index (χ0n) is 18.2. The van der Waals surface area contributed by atoms with Crippen LogP contribution in [0.25, 0.3) is 11.1 Å². The molecule has 0 bridgehead atoms. The quantitative estimate of drug-likeness (QED) is 0.101. The molecule has 0 atom stereocenters. The van der Waals surface area contributed by atoms with E-state index >= 15 is 0 Å². The molecule has 188 valence electrons. The first-order valence-corrected chi connectivity index (χ1v) is 11.7. The lowest BCUT2D eigenvalue weighted by molar-refractivity contribution is -0.189. The summed E-state index contributed by atoms with van der Waals surface area (Å²) in [7, 11) is 0. The fourth-order valence-corrected chi connectivity index (χ4v) is 3.69. The molecule has 0 radical (unpaired) electrons. The van der Waals surface area contributed by atoms with E-state index in [2.05, 4.69) is 20.7 Å². The maximum atomic E-state index is 14.6. The highest BCUT2D eigenvalue weighted by molar-refractivity contribution is 9.09. The highest BCUT2D eigenvalue weighted by atomic mass is 79.9. The Morgan fingerprint density at radius 1 is 0.657 bits per heavy atom. The van der Waals surface area contributed by atoms with Crippen molar-refractivity contribution in [3.8, 4) is 22.6 Å². The number of benzene rings is 3. The van der Waals surface area contributed by atoms with E-state index in [-0.39, 0.29) is 17.7 Å². The van der Waals surface area contributed by atoms with Crippen molar-refractivity contribution in [2.24, 2.45) is 0 Å². The minimum absolute atomic E-state index is 0.0280. The van der Waals surface area contributed by atoms with Gasteiger partial charge in [-0.1, -0.05) is 40.9 Å². The van der Waals surface area contributed by atoms with Crippen LogP contribution in [0.5, 0.6) is 11.5 Å². The van der Waals surface area contributed by atoms with Gasteiger partial charge in [0.25, 0.3) is 0 Å². The summed E-state index contributed by atoms with van der Waals surface area (Å²) in [6.45, 7) is 0.510. The molecule has 0 N–H and O–H groups in total. The first-order chi connectivity index (χ1) is 16.6. The molecule has 0 saturated heterocycles. The molecule has 3 aromatic carbocycles. The summed E-state index contributed by atoms with van der Waals surface area (Å²) in [5, 5.41) is 0.955. The van der Waals surface area contributed by atoms with Crippen molar-refractivity contribution in [2.45, 2.75) is 31.8 Å². The van der Waals surface area contributed by atoms with E-state index < -0.39 is 46.5 Å². The van der Waals surface area contributed by atoms with Crippen molar-refractivity contribution in [1.82, 2.24) is 0 Å². The maximum Gasteiger partial charge on any atom is 0.432 e. The second-order valence-corrected chi connectivity index (χ2v) is 8.40. The molecule has 10 heteroatoms. The number of hydrogen-bond donors (Lipinski definition) is 0. The van der Waals surface area contributed by atoms with Gasteiger partial charge in [-0.15, -0.1) is 0 Å². The monoisotopic (exact) mass is 564 g/mol. The summed E-state index contributed by atoms with van der Waals surface area (Å²) in [6.07, 6.45) is -0.575. The molecule has 0 spiro atoms. The van der Waals surface area contributed by atoms with Gasteiger partial charge in [0.05, 0.1) is 6.61 Å². The molecule has 0 saturated carbocycles. The molecule has 0 aromatic heterocycles. The van der Waals surface area contributed by atoms with E-state index in [0.717, 1.165) is 31.0 Å². The van der Waals surface area contributed by atoms with E-state index in [1.807, 2.05) is 0 Å². The SMILES string of the molecule is Fc1cc(OC(F)(F)c2c(F)cc(-c3ccc(OCCCCCCBr)cc3)cc2F)cc(F)c1F. The number of alkyl halides is 3. The molecule has 3 rings (SSSR count). The summed E-state index contributed by atoms with van der Waals surface area (Å²) < 4.78 is 107. The fraction of sp³-hybridized carbons (Fsp3) is 0.280. The van der Waals surface area contributed by atoms with Gasteiger partial charge in [0, 0.05) is 17.5 Å². The number of unbranched alkanes of at least 4 members (excludes halogenated alkanes) is 3. The maximum absolute atomic E-state index is 14.6. The standard InChI is InChI=1S/C25H20BrF7O2/c26-9-3-1-2-4-10-34-17-7-5-15(6-8-17)16-11-19(27)23(20(28)12-16)25(32,33)35-18-13-21(29)24(31)22(30)14-18/h5-8,11-14H,1-4,9-10H2. The van der Waals surface area contributed by atoms with Crippen LogP contribution in [0.1, 0.15) is 31.2 Å². The van der Waals surface area contributed by atoms with Crippen molar-refractivity contribution in [2.75, 3.05) is 11.9 Å². The summed E-state index contributed by atoms with van der Waals surface area (Å²) in [5.74, 6) is -9.38. The normalized spacial score (nSPS) is 11.5. The Morgan fingerprint density at radius 3 is 1.80 bits per heavy atom. The summed E-state index contributed by atoms with van der Waals surface area (Å²) in [6, 6.07) is 7.87. The molecular formula is C25H20BrF7O2. The molecule has 0 fully saturated rings. The van der Waals surface area contributed by atoms with Gasteiger partial charge < -0.3 is 9.47 Å². The summed E-state index contributed by atoms with van der Waals surface area (Å²) in [4.78, 5) is 0. The Balaban J connectivity index is 1.73. The Hall–Kier alpha value is -2.75. The predicted molar refractivity (Wildman–Crippen MR) is 120 cm³/mol. The zero-order valence-corrected chi connectivity index (χ0v) is 19.8. The van der Waals surface area contributed by atoms with Crippen LogP contribution in [0.3, 0.4) is 0 Å². The van der Waals surface area contributed by atoms with Crippen LogP contribution >= 0.6 is 15.9 Å². The molecule has 3 aromatic rings. The minimum Gasteiger partial charge on any atom is -0.494 e. The van der Waals surface area contributed by atoms with Gasteiger partial charge in [0.2, 0.25) is 0 Å². The first-order valence-electron chi connectivity index (χ1n) is 10.6. The summed E-state index contributed by atoms with van der Waals surface area (Å²) >= 11 is 3.37. The van der Waals surface area contributed by atoms with Gasteiger partial charge in [0.15, 0.2) is 17.5 Å². The lowest BCUT2D eigenvalue weighted by atomic mass is 10.0. The second kappa shape index (κ2) is 11.8. The first kappa shape index (κ1) is 26.8. The molecule has 35 heavy (non-hydrogen) atoms. The molecular weight excluding hydrogens is 545 g/mol. The van der Waals surface area contributed by atoms with Crippen LogP contribution in [0.4, 0.5) is 30.7 Å². The van der Waals surface area contributed by atoms with Crippen molar-refractivity contribution < 1.29 is 40.2 Å². The molecule has 0 aliphatic heterocycles. The van der Waals surface area contributed by atoms with Crippen LogP contribution in [0, 0.1) is 29.1 Å². The van der Waals surface area contributed by atoms with E-state index in [1.165, 1.54) is 12.1 Å². The van der Waals surface area contributed by atoms with Gasteiger partial charge in [0.1, 0.15) is 28.7 Å². The second-order valence-electron chi connectivity index (χ2n) is 7.61. The largest absolute Gasteiger partial charge is 0.494 e. The van der Waals surface area contributed by atoms with Gasteiger partial charge in [-0.25, -0.2) is 22.0 Å². The van der Waals surface area contributed by atoms with E-state index in [9.17, 15) is 30.7 Å². The molecule has 0 amide bonds. The number of rotatable bonds is 11. The lowest BCUT2D eigenvalue weighted by Gasteiger charge is -2.20. The Bertz CT molecular complexity index is 1110. The highest BCUT2D eigenvalue weighted by Crippen LogP contribution is 2.37. The molecule has 0 aliphatic carbocycles. The van der Waals surface area contributed by atoms with Gasteiger partial charge in [-0.2, -0.15) is 8.78 Å². The minimum atomic E-state index is -4.64. The molecule has 0 aliphatic rings. The van der Waals surface area contributed by atoms with E-state index in [1.54, 1.807) is 12.1 Å².